The van der Waals surface area contributed by atoms with Crippen LogP contribution in [-0.4, -0.2) is 77.4 Å². The Morgan fingerprint density at radius 1 is 0.906 bits per heavy atom. The highest BCUT2D eigenvalue weighted by atomic mass is 16.7. The predicted octanol–water partition coefficient (Wildman–Crippen LogP) is 5.43. The summed E-state index contributed by atoms with van der Waals surface area (Å²) in [7, 11) is 1.49. The molecule has 13 nitrogen and oxygen atoms in total. The van der Waals surface area contributed by atoms with Gasteiger partial charge in [0.05, 0.1) is 47.0 Å². The van der Waals surface area contributed by atoms with Gasteiger partial charge in [-0.25, -0.2) is 0 Å². The maximum Gasteiger partial charge on any atom is 0.312 e. The first-order chi connectivity index (χ1) is 24.7. The normalized spacial score (nSPS) is 33.0. The molecule has 1 aliphatic carbocycles. The van der Waals surface area contributed by atoms with Crippen molar-refractivity contribution in [2.24, 2.45) is 23.7 Å². The summed E-state index contributed by atoms with van der Waals surface area (Å²) in [5, 5.41) is 13.7. The molecule has 5 aliphatic rings. The van der Waals surface area contributed by atoms with Crippen LogP contribution in [0.4, 0.5) is 0 Å². The molecule has 0 aromatic heterocycles. The van der Waals surface area contributed by atoms with Crippen molar-refractivity contribution >= 4 is 29.2 Å². The molecule has 6 rings (SSSR count). The fraction of sp³-hybridized carbons (Fsp3) is 0.525. The van der Waals surface area contributed by atoms with Gasteiger partial charge in [0.15, 0.2) is 11.6 Å². The van der Waals surface area contributed by atoms with Crippen molar-refractivity contribution in [3.8, 4) is 11.5 Å². The Balaban J connectivity index is 1.62. The number of carbonyl (C=O) groups is 5. The van der Waals surface area contributed by atoms with E-state index in [2.05, 4.69) is 5.32 Å². The zero-order valence-corrected chi connectivity index (χ0v) is 32.0. The number of fused-ring (bicyclic) bond motifs is 10. The number of carbonyl (C=O) groups excluding carboxylic acids is 5. The van der Waals surface area contributed by atoms with E-state index in [1.54, 1.807) is 25.2 Å². The van der Waals surface area contributed by atoms with Crippen LogP contribution >= 0.6 is 0 Å². The van der Waals surface area contributed by atoms with Gasteiger partial charge in [-0.05, 0) is 33.8 Å². The van der Waals surface area contributed by atoms with Crippen LogP contribution in [0.25, 0.3) is 0 Å². The zero-order valence-electron chi connectivity index (χ0n) is 32.0. The number of allylic oxidation sites excluding steroid dienone is 4. The summed E-state index contributed by atoms with van der Waals surface area (Å²) in [6.45, 7) is 17.2. The number of aromatic hydroxyl groups is 1. The Kier molecular flexibility index (Phi) is 11.0. The van der Waals surface area contributed by atoms with Crippen molar-refractivity contribution in [2.45, 2.75) is 105 Å². The Morgan fingerprint density at radius 3 is 2.21 bits per heavy atom. The third-order valence-corrected chi connectivity index (χ3v) is 10.6. The monoisotopic (exact) mass is 735 g/mol. The van der Waals surface area contributed by atoms with Crippen molar-refractivity contribution in [3.63, 3.8) is 0 Å². The van der Waals surface area contributed by atoms with E-state index in [4.69, 9.17) is 28.4 Å². The Labute approximate surface area is 309 Å². The predicted molar refractivity (Wildman–Crippen MR) is 191 cm³/mol. The van der Waals surface area contributed by atoms with Crippen molar-refractivity contribution in [1.82, 2.24) is 5.32 Å². The van der Waals surface area contributed by atoms with Gasteiger partial charge in [-0.1, -0.05) is 45.9 Å². The number of methoxy groups -OCH3 is 1. The van der Waals surface area contributed by atoms with Gasteiger partial charge in [-0.3, -0.25) is 24.0 Å². The molecule has 7 bridgehead atoms. The van der Waals surface area contributed by atoms with E-state index in [1.807, 2.05) is 47.6 Å². The molecule has 1 aromatic carbocycles. The van der Waals surface area contributed by atoms with Crippen LogP contribution in [0.1, 0.15) is 99.0 Å². The summed E-state index contributed by atoms with van der Waals surface area (Å²) in [5.41, 5.74) is -1.07. The average Bonchev–Trinajstić information content (AvgIpc) is 3.35. The van der Waals surface area contributed by atoms with E-state index in [0.717, 1.165) is 6.08 Å². The van der Waals surface area contributed by atoms with Gasteiger partial charge in [-0.15, -0.1) is 0 Å². The molecule has 4 aliphatic heterocycles. The fourth-order valence-corrected chi connectivity index (χ4v) is 7.71. The number of esters is 1. The summed E-state index contributed by atoms with van der Waals surface area (Å²) >= 11 is 0. The van der Waals surface area contributed by atoms with Crippen LogP contribution in [0.5, 0.6) is 11.5 Å². The molecule has 4 heterocycles. The number of phenolic OH excluding ortho intramolecular Hbond substituents is 1. The molecule has 9 atom stereocenters. The van der Waals surface area contributed by atoms with Gasteiger partial charge in [0.25, 0.3) is 11.7 Å². The Bertz CT molecular complexity index is 1850. The first kappa shape index (κ1) is 39.6. The van der Waals surface area contributed by atoms with Crippen LogP contribution in [0, 0.1) is 30.6 Å². The Morgan fingerprint density at radius 2 is 1.57 bits per heavy atom. The minimum Gasteiger partial charge on any atom is -0.507 e. The largest absolute Gasteiger partial charge is 0.507 e. The lowest BCUT2D eigenvalue weighted by Gasteiger charge is -2.50. The second-order valence-electron chi connectivity index (χ2n) is 15.0. The molecule has 1 aromatic rings. The number of rotatable bonds is 2. The van der Waals surface area contributed by atoms with Crippen molar-refractivity contribution in [2.75, 3.05) is 7.11 Å². The number of nitrogens with one attached hydrogen (secondary N) is 1. The van der Waals surface area contributed by atoms with Crippen LogP contribution in [0.3, 0.4) is 0 Å². The SMILES string of the molecule is CO[C@H]1C=CO[C@@]2(C)Oc3c(C)c(O)c4c(c3C2=O)C(=O)C=C(NC(=O)C(C)=CC=C[C@H](C)[C@@H]2OC(C)(C)O[C@H]([C@H](C)[C@H](OC(C)=O)[C@@H]1C)[C@H]2C)C4=O. The average molecular weight is 736 g/mol. The highest BCUT2D eigenvalue weighted by Gasteiger charge is 2.52. The summed E-state index contributed by atoms with van der Waals surface area (Å²) in [6.07, 6.45) is 6.77. The van der Waals surface area contributed by atoms with E-state index in [-0.39, 0.29) is 57.6 Å². The quantitative estimate of drug-likeness (QED) is 0.370. The highest BCUT2D eigenvalue weighted by molar-refractivity contribution is 6.30. The van der Waals surface area contributed by atoms with E-state index < -0.39 is 76.3 Å². The topological polar surface area (TPSA) is 173 Å². The summed E-state index contributed by atoms with van der Waals surface area (Å²) in [5.74, 6) is -8.33. The minimum atomic E-state index is -2.00. The second kappa shape index (κ2) is 14.7. The van der Waals surface area contributed by atoms with Crippen LogP contribution < -0.4 is 10.1 Å². The van der Waals surface area contributed by atoms with E-state index >= 15 is 0 Å². The molecule has 1 amide bonds. The maximum absolute atomic E-state index is 14.0. The summed E-state index contributed by atoms with van der Waals surface area (Å²) < 4.78 is 36.6. The van der Waals surface area contributed by atoms with Crippen LogP contribution in [-0.2, 0) is 33.3 Å². The molecule has 2 N–H and O–H groups in total. The number of hydrogen-bond acceptors (Lipinski definition) is 12. The van der Waals surface area contributed by atoms with E-state index in [0.29, 0.717) is 0 Å². The van der Waals surface area contributed by atoms with Gasteiger partial charge in [0.2, 0.25) is 5.78 Å². The molecule has 0 radical (unpaired) electrons. The molecule has 0 saturated carbocycles. The number of benzene rings is 1. The van der Waals surface area contributed by atoms with Crippen molar-refractivity contribution < 1.29 is 57.5 Å². The lowest BCUT2D eigenvalue weighted by molar-refractivity contribution is -0.336. The molecule has 53 heavy (non-hydrogen) atoms. The molecular weight excluding hydrogens is 686 g/mol. The number of amides is 1. The maximum atomic E-state index is 14.0. The highest BCUT2D eigenvalue weighted by Crippen LogP contribution is 2.48. The zero-order chi connectivity index (χ0) is 39.3. The summed E-state index contributed by atoms with van der Waals surface area (Å²) in [6, 6.07) is 0. The van der Waals surface area contributed by atoms with Gasteiger partial charge < -0.3 is 38.8 Å². The number of ether oxygens (including phenoxy) is 6. The molecule has 13 heteroatoms. The molecule has 0 spiro atoms. The van der Waals surface area contributed by atoms with Gasteiger partial charge in [0, 0.05) is 61.8 Å². The molecule has 0 unspecified atom stereocenters. The van der Waals surface area contributed by atoms with Gasteiger partial charge in [-0.2, -0.15) is 0 Å². The smallest absolute Gasteiger partial charge is 0.312 e. The first-order valence-electron chi connectivity index (χ1n) is 17.7. The molecule has 1 saturated heterocycles. The lowest BCUT2D eigenvalue weighted by Crippen LogP contribution is -2.56. The van der Waals surface area contributed by atoms with Crippen LogP contribution in [0.2, 0.25) is 0 Å². The number of Topliss-reactive ketones (excluding diaryl/α,β-unsaturated/α-hetero) is 2. The Hall–Kier alpha value is -4.59. The minimum absolute atomic E-state index is 0.0356. The third-order valence-electron chi connectivity index (χ3n) is 10.6. The second-order valence-corrected chi connectivity index (χ2v) is 15.0. The van der Waals surface area contributed by atoms with Crippen molar-refractivity contribution in [1.29, 1.82) is 0 Å². The lowest BCUT2D eigenvalue weighted by atomic mass is 9.77. The number of ketones is 3. The summed E-state index contributed by atoms with van der Waals surface area (Å²) in [4.78, 5) is 67.0. The van der Waals surface area contributed by atoms with Gasteiger partial charge in [0.1, 0.15) is 17.6 Å². The molecule has 1 fully saturated rings. The van der Waals surface area contributed by atoms with E-state index in [1.165, 1.54) is 34.1 Å². The van der Waals surface area contributed by atoms with Crippen molar-refractivity contribution in [3.05, 3.63) is 70.2 Å². The fourth-order valence-electron chi connectivity index (χ4n) is 7.71. The standard InChI is InChI=1S/C40H49NO12/c1-18-13-12-14-19(2)38(47)41-25-17-26(43)28-29(32(25)45)31(44)21(4)36-30(28)37(46)40(10,53-36)49-16-15-27(48-11)20(3)34(50-24(7)42)23(6)35-22(5)33(18)51-39(8,9)52-35/h12-18,20,22-23,27,33-35,44H,1-11H3,(H,41,47)/t18-,20+,22-,23+,27-,33-,34+,35-,40-/m0/s1. The molecule has 286 valence electrons. The van der Waals surface area contributed by atoms with Gasteiger partial charge >= 0.3 is 11.8 Å². The third kappa shape index (κ3) is 7.34. The number of hydrogen-bond donors (Lipinski definition) is 2. The van der Waals surface area contributed by atoms with Crippen LogP contribution in [0.15, 0.2) is 47.9 Å². The first-order valence-corrected chi connectivity index (χ1v) is 17.7. The molecular formula is C40H49NO12. The number of phenols is 1. The van der Waals surface area contributed by atoms with E-state index in [9.17, 15) is 29.1 Å².